The van der Waals surface area contributed by atoms with Gasteiger partial charge in [0.05, 0.1) is 18.0 Å². The number of nitrogens with zero attached hydrogens (tertiary/aromatic N) is 1. The van der Waals surface area contributed by atoms with E-state index in [4.69, 9.17) is 24.1 Å². The van der Waals surface area contributed by atoms with E-state index >= 15 is 0 Å². The summed E-state index contributed by atoms with van der Waals surface area (Å²) in [6.07, 6.45) is 4.84. The zero-order valence-corrected chi connectivity index (χ0v) is 23.0. The zero-order valence-electron chi connectivity index (χ0n) is 22.2. The van der Waals surface area contributed by atoms with E-state index in [0.717, 1.165) is 61.0 Å². The summed E-state index contributed by atoms with van der Waals surface area (Å²) in [6, 6.07) is 12.7. The van der Waals surface area contributed by atoms with E-state index in [9.17, 15) is 13.2 Å². The Kier molecular flexibility index (Phi) is 9.30. The first-order valence-electron chi connectivity index (χ1n) is 13.2. The molecule has 2 aliphatic heterocycles. The van der Waals surface area contributed by atoms with Crippen molar-refractivity contribution in [3.63, 3.8) is 0 Å². The van der Waals surface area contributed by atoms with Gasteiger partial charge in [0.15, 0.2) is 0 Å². The number of rotatable bonds is 13. The van der Waals surface area contributed by atoms with Gasteiger partial charge in [0.2, 0.25) is 15.8 Å². The van der Waals surface area contributed by atoms with Crippen molar-refractivity contribution in [1.29, 1.82) is 0 Å². The second-order valence-corrected chi connectivity index (χ2v) is 11.9. The fraction of sp³-hybridized carbons (Fsp3) is 0.536. The van der Waals surface area contributed by atoms with Gasteiger partial charge in [-0.05, 0) is 73.9 Å². The number of aryl methyl sites for hydroxylation is 1. The molecule has 0 saturated carbocycles. The molecule has 208 valence electrons. The Bertz CT molecular complexity index is 1220. The molecule has 38 heavy (non-hydrogen) atoms. The molecule has 2 N–H and O–H groups in total. The van der Waals surface area contributed by atoms with Crippen LogP contribution in [0.4, 0.5) is 4.79 Å². The predicted molar refractivity (Wildman–Crippen MR) is 142 cm³/mol. The highest BCUT2D eigenvalue weighted by molar-refractivity contribution is 7.89. The predicted octanol–water partition coefficient (Wildman–Crippen LogP) is 4.68. The molecule has 2 aliphatic rings. The van der Waals surface area contributed by atoms with Crippen LogP contribution in [0.5, 0.6) is 5.75 Å². The number of primary sulfonamides is 1. The molecule has 0 spiro atoms. The Balaban J connectivity index is 1.07. The van der Waals surface area contributed by atoms with Crippen LogP contribution in [-0.4, -0.2) is 51.5 Å². The average molecular weight is 547 g/mol. The Labute approximate surface area is 225 Å². The molecule has 9 nitrogen and oxygen atoms in total. The molecule has 0 unspecified atom stereocenters. The Hall–Kier alpha value is -2.66. The summed E-state index contributed by atoms with van der Waals surface area (Å²) in [5, 5.41) is 5.19. The normalized spacial score (nSPS) is 18.7. The SMILES string of the molecule is CC1(C)OCc2cc([C@@H]3CN(CCCCCOCCCCc4cccc(S(N)(=O)=O)c4)C(=O)O3)ccc2O1. The minimum Gasteiger partial charge on any atom is -0.463 e. The summed E-state index contributed by atoms with van der Waals surface area (Å²) in [5.74, 6) is 0.173. The lowest BCUT2D eigenvalue weighted by Crippen LogP contribution is -2.35. The molecule has 2 heterocycles. The fourth-order valence-corrected chi connectivity index (χ4v) is 5.20. The van der Waals surface area contributed by atoms with Crippen LogP contribution in [-0.2, 0) is 37.3 Å². The minimum atomic E-state index is -3.67. The lowest BCUT2D eigenvalue weighted by molar-refractivity contribution is -0.180. The van der Waals surface area contributed by atoms with Crippen LogP contribution in [0.1, 0.15) is 68.7 Å². The highest BCUT2D eigenvalue weighted by Gasteiger charge is 2.33. The Morgan fingerprint density at radius 1 is 1.05 bits per heavy atom. The first-order chi connectivity index (χ1) is 18.1. The van der Waals surface area contributed by atoms with Crippen LogP contribution in [0, 0.1) is 0 Å². The maximum atomic E-state index is 12.4. The van der Waals surface area contributed by atoms with E-state index in [0.29, 0.717) is 32.9 Å². The number of nitrogens with two attached hydrogens (primary N) is 1. The second-order valence-electron chi connectivity index (χ2n) is 10.3. The van der Waals surface area contributed by atoms with Gasteiger partial charge in [-0.15, -0.1) is 0 Å². The van der Waals surface area contributed by atoms with Crippen LogP contribution in [0.15, 0.2) is 47.4 Å². The van der Waals surface area contributed by atoms with Gasteiger partial charge in [-0.3, -0.25) is 0 Å². The minimum absolute atomic E-state index is 0.150. The molecule has 1 amide bonds. The molecule has 0 aromatic heterocycles. The average Bonchev–Trinajstić information content (AvgIpc) is 3.24. The van der Waals surface area contributed by atoms with Crippen molar-refractivity contribution in [2.75, 3.05) is 26.3 Å². The van der Waals surface area contributed by atoms with Crippen molar-refractivity contribution >= 4 is 16.1 Å². The van der Waals surface area contributed by atoms with Crippen LogP contribution in [0.3, 0.4) is 0 Å². The number of hydrogen-bond acceptors (Lipinski definition) is 7. The summed E-state index contributed by atoms with van der Waals surface area (Å²) in [6.45, 7) is 6.80. The third-order valence-corrected chi connectivity index (χ3v) is 7.63. The lowest BCUT2D eigenvalue weighted by Gasteiger charge is -2.32. The maximum absolute atomic E-state index is 12.4. The molecule has 1 atom stereocenters. The Morgan fingerprint density at radius 3 is 2.63 bits per heavy atom. The quantitative estimate of drug-likeness (QED) is 0.363. The van der Waals surface area contributed by atoms with Gasteiger partial charge < -0.3 is 23.8 Å². The monoisotopic (exact) mass is 546 g/mol. The number of unbranched alkanes of at least 4 members (excludes halogenated alkanes) is 3. The van der Waals surface area contributed by atoms with Gasteiger partial charge >= 0.3 is 6.09 Å². The summed E-state index contributed by atoms with van der Waals surface area (Å²) in [7, 11) is -3.67. The van der Waals surface area contributed by atoms with Crippen molar-refractivity contribution in [1.82, 2.24) is 4.90 Å². The largest absolute Gasteiger partial charge is 0.463 e. The molecule has 4 rings (SSSR count). The number of carbonyl (C=O) groups excluding carboxylic acids is 1. The number of amides is 1. The second kappa shape index (κ2) is 12.5. The van der Waals surface area contributed by atoms with Crippen LogP contribution >= 0.6 is 0 Å². The molecule has 1 fully saturated rings. The summed E-state index contributed by atoms with van der Waals surface area (Å²) < 4.78 is 45.8. The number of carbonyl (C=O) groups is 1. The smallest absolute Gasteiger partial charge is 0.410 e. The molecule has 0 radical (unpaired) electrons. The van der Waals surface area contributed by atoms with E-state index in [-0.39, 0.29) is 17.1 Å². The number of fused-ring (bicyclic) bond motifs is 1. The lowest BCUT2D eigenvalue weighted by atomic mass is 10.0. The number of ether oxygens (including phenoxy) is 4. The standard InChI is InChI=1S/C28H38N2O7S/c1-28(2)35-20-23-18-22(12-13-25(23)37-28)26-19-30(27(31)36-26)14-5-3-6-15-34-16-7-4-9-21-10-8-11-24(17-21)38(29,32)33/h8,10-13,17-18,26H,3-7,9,14-16,19-20H2,1-2H3,(H2,29,32,33)/t26-/m0/s1. The molecule has 1 saturated heterocycles. The van der Waals surface area contributed by atoms with E-state index < -0.39 is 15.8 Å². The third-order valence-electron chi connectivity index (χ3n) is 6.72. The summed E-state index contributed by atoms with van der Waals surface area (Å²) in [5.41, 5.74) is 2.88. The van der Waals surface area contributed by atoms with E-state index in [1.807, 2.05) is 38.1 Å². The maximum Gasteiger partial charge on any atom is 0.410 e. The van der Waals surface area contributed by atoms with Gasteiger partial charge in [-0.25, -0.2) is 18.4 Å². The highest BCUT2D eigenvalue weighted by Crippen LogP contribution is 2.35. The van der Waals surface area contributed by atoms with Crippen molar-refractivity contribution < 1.29 is 32.2 Å². The van der Waals surface area contributed by atoms with Gasteiger partial charge in [-0.2, -0.15) is 0 Å². The molecule has 2 aromatic carbocycles. The third kappa shape index (κ3) is 7.92. The van der Waals surface area contributed by atoms with Crippen LogP contribution in [0.2, 0.25) is 0 Å². The van der Waals surface area contributed by atoms with Gasteiger partial charge in [0.1, 0.15) is 11.9 Å². The number of hydrogen-bond donors (Lipinski definition) is 1. The van der Waals surface area contributed by atoms with E-state index in [1.54, 1.807) is 17.0 Å². The first kappa shape index (κ1) is 28.4. The fourth-order valence-electron chi connectivity index (χ4n) is 4.62. The molecule has 2 aromatic rings. The topological polar surface area (TPSA) is 117 Å². The van der Waals surface area contributed by atoms with Gasteiger partial charge in [-0.1, -0.05) is 18.2 Å². The van der Waals surface area contributed by atoms with Crippen molar-refractivity contribution in [3.05, 3.63) is 59.2 Å². The molecule has 10 heteroatoms. The highest BCUT2D eigenvalue weighted by atomic mass is 32.2. The number of cyclic esters (lactones) is 1. The number of benzene rings is 2. The zero-order chi connectivity index (χ0) is 27.2. The Morgan fingerprint density at radius 2 is 1.84 bits per heavy atom. The van der Waals surface area contributed by atoms with Crippen LogP contribution in [0.25, 0.3) is 0 Å². The van der Waals surface area contributed by atoms with Gasteiger partial charge in [0.25, 0.3) is 0 Å². The molecular weight excluding hydrogens is 508 g/mol. The first-order valence-corrected chi connectivity index (χ1v) is 14.8. The molecular formula is C28H38N2O7S. The van der Waals surface area contributed by atoms with E-state index in [2.05, 4.69) is 0 Å². The summed E-state index contributed by atoms with van der Waals surface area (Å²) in [4.78, 5) is 14.3. The molecule has 0 aliphatic carbocycles. The van der Waals surface area contributed by atoms with Crippen LogP contribution < -0.4 is 9.88 Å². The number of sulfonamides is 1. The molecule has 0 bridgehead atoms. The summed E-state index contributed by atoms with van der Waals surface area (Å²) >= 11 is 0. The van der Waals surface area contributed by atoms with Gasteiger partial charge in [0, 0.05) is 39.2 Å². The van der Waals surface area contributed by atoms with Crippen molar-refractivity contribution in [2.45, 2.75) is 75.8 Å². The van der Waals surface area contributed by atoms with E-state index in [1.165, 1.54) is 6.07 Å². The van der Waals surface area contributed by atoms with Crippen molar-refractivity contribution in [2.24, 2.45) is 5.14 Å². The van der Waals surface area contributed by atoms with Crippen molar-refractivity contribution in [3.8, 4) is 5.75 Å².